The minimum absolute atomic E-state index is 0.0211. The van der Waals surface area contributed by atoms with Gasteiger partial charge in [-0.05, 0) is 6.07 Å². The highest BCUT2D eigenvalue weighted by Crippen LogP contribution is 2.21. The molecule has 1 fully saturated rings. The van der Waals surface area contributed by atoms with Gasteiger partial charge in [0.1, 0.15) is 10.6 Å². The molecule has 106 valence electrons. The maximum atomic E-state index is 12.5. The maximum absolute atomic E-state index is 12.5. The van der Waals surface area contributed by atoms with E-state index in [1.165, 1.54) is 21.1 Å². The molecule has 3 N–H and O–H groups in total. The monoisotopic (exact) mass is 286 g/mol. The molecule has 0 saturated carbocycles. The number of nitrogens with one attached hydrogen (secondary N) is 1. The van der Waals surface area contributed by atoms with Gasteiger partial charge in [-0.15, -0.1) is 0 Å². The standard InChI is InChI=1S/C11H18N4O3S/c1-3-15(8-5-13-6-8)19(17,18)9-4-10(11(12)16)14(2)7-9/h4,7-8,13H,3,5-6H2,1-2H3,(H2,12,16). The Kier molecular flexibility index (Phi) is 3.66. The summed E-state index contributed by atoms with van der Waals surface area (Å²) in [5.41, 5.74) is 5.38. The largest absolute Gasteiger partial charge is 0.364 e. The van der Waals surface area contributed by atoms with E-state index in [9.17, 15) is 13.2 Å². The Morgan fingerprint density at radius 3 is 2.58 bits per heavy atom. The maximum Gasteiger partial charge on any atom is 0.265 e. The molecule has 0 aromatic carbocycles. The van der Waals surface area contributed by atoms with Crippen LogP contribution in [0.15, 0.2) is 17.2 Å². The second kappa shape index (κ2) is 4.95. The van der Waals surface area contributed by atoms with Crippen LogP contribution in [0, 0.1) is 0 Å². The highest BCUT2D eigenvalue weighted by atomic mass is 32.2. The van der Waals surface area contributed by atoms with Crippen LogP contribution in [-0.4, -0.2) is 48.9 Å². The summed E-state index contributed by atoms with van der Waals surface area (Å²) in [5, 5.41) is 3.05. The Labute approximate surface area is 112 Å². The van der Waals surface area contributed by atoms with E-state index in [2.05, 4.69) is 5.32 Å². The SMILES string of the molecule is CCN(C1CNC1)S(=O)(=O)c1cc(C(N)=O)n(C)c1. The summed E-state index contributed by atoms with van der Waals surface area (Å²) in [6, 6.07) is 1.30. The van der Waals surface area contributed by atoms with Crippen molar-refractivity contribution in [2.24, 2.45) is 12.8 Å². The number of carbonyl (C=O) groups is 1. The van der Waals surface area contributed by atoms with E-state index in [1.54, 1.807) is 14.0 Å². The lowest BCUT2D eigenvalue weighted by molar-refractivity contribution is 0.0992. The van der Waals surface area contributed by atoms with Crippen LogP contribution in [0.2, 0.25) is 0 Å². The zero-order valence-corrected chi connectivity index (χ0v) is 11.8. The number of amides is 1. The van der Waals surface area contributed by atoms with E-state index in [4.69, 9.17) is 5.73 Å². The zero-order valence-electron chi connectivity index (χ0n) is 11.0. The van der Waals surface area contributed by atoms with Crippen molar-refractivity contribution >= 4 is 15.9 Å². The average molecular weight is 286 g/mol. The van der Waals surface area contributed by atoms with E-state index in [-0.39, 0.29) is 16.6 Å². The lowest BCUT2D eigenvalue weighted by Crippen LogP contribution is -2.58. The lowest BCUT2D eigenvalue weighted by atomic mass is 10.2. The number of primary amides is 1. The predicted molar refractivity (Wildman–Crippen MR) is 70.2 cm³/mol. The van der Waals surface area contributed by atoms with Crippen molar-refractivity contribution in [3.05, 3.63) is 18.0 Å². The molecule has 19 heavy (non-hydrogen) atoms. The fraction of sp³-hybridized carbons (Fsp3) is 0.545. The van der Waals surface area contributed by atoms with Gasteiger partial charge in [0.2, 0.25) is 10.0 Å². The summed E-state index contributed by atoms with van der Waals surface area (Å²) in [4.78, 5) is 11.3. The van der Waals surface area contributed by atoms with Gasteiger partial charge in [0.15, 0.2) is 0 Å². The quantitative estimate of drug-likeness (QED) is 0.733. The van der Waals surface area contributed by atoms with Crippen molar-refractivity contribution in [2.75, 3.05) is 19.6 Å². The first kappa shape index (κ1) is 14.0. The molecule has 1 aliphatic heterocycles. The Bertz CT molecular complexity index is 589. The first-order chi connectivity index (χ1) is 8.87. The molecule has 0 bridgehead atoms. The third-order valence-corrected chi connectivity index (χ3v) is 5.31. The molecule has 0 radical (unpaired) electrons. The van der Waals surface area contributed by atoms with Gasteiger partial charge in [0.25, 0.3) is 5.91 Å². The van der Waals surface area contributed by atoms with Crippen LogP contribution in [-0.2, 0) is 17.1 Å². The molecule has 0 aliphatic carbocycles. The van der Waals surface area contributed by atoms with E-state index in [0.29, 0.717) is 19.6 Å². The molecule has 1 aromatic rings. The Morgan fingerprint density at radius 1 is 1.58 bits per heavy atom. The normalized spacial score (nSPS) is 16.6. The van der Waals surface area contributed by atoms with Gasteiger partial charge in [0, 0.05) is 32.9 Å². The molecule has 8 heteroatoms. The topological polar surface area (TPSA) is 97.4 Å². The van der Waals surface area contributed by atoms with Gasteiger partial charge in [-0.1, -0.05) is 6.92 Å². The Morgan fingerprint density at radius 2 is 2.21 bits per heavy atom. The van der Waals surface area contributed by atoms with Crippen LogP contribution < -0.4 is 11.1 Å². The van der Waals surface area contributed by atoms with Crippen LogP contribution in [0.25, 0.3) is 0 Å². The van der Waals surface area contributed by atoms with Crippen LogP contribution in [0.3, 0.4) is 0 Å². The van der Waals surface area contributed by atoms with E-state index < -0.39 is 15.9 Å². The summed E-state index contributed by atoms with van der Waals surface area (Å²) in [5.74, 6) is -0.641. The molecule has 2 heterocycles. The second-order valence-electron chi connectivity index (χ2n) is 4.56. The van der Waals surface area contributed by atoms with Crippen molar-refractivity contribution in [1.29, 1.82) is 0 Å². The van der Waals surface area contributed by atoms with Crippen molar-refractivity contribution in [3.8, 4) is 0 Å². The molecule has 1 aromatic heterocycles. The minimum atomic E-state index is -3.58. The first-order valence-electron chi connectivity index (χ1n) is 6.06. The average Bonchev–Trinajstić information content (AvgIpc) is 2.65. The number of hydrogen-bond donors (Lipinski definition) is 2. The molecular weight excluding hydrogens is 268 g/mol. The smallest absolute Gasteiger partial charge is 0.265 e. The highest BCUT2D eigenvalue weighted by molar-refractivity contribution is 7.89. The predicted octanol–water partition coefficient (Wildman–Crippen LogP) is -0.894. The summed E-state index contributed by atoms with van der Waals surface area (Å²) in [6.45, 7) is 3.51. The third-order valence-electron chi connectivity index (χ3n) is 3.32. The minimum Gasteiger partial charge on any atom is -0.364 e. The molecule has 1 aliphatic rings. The number of rotatable bonds is 5. The van der Waals surface area contributed by atoms with Crippen molar-refractivity contribution in [1.82, 2.24) is 14.2 Å². The van der Waals surface area contributed by atoms with E-state index >= 15 is 0 Å². The van der Waals surface area contributed by atoms with E-state index in [0.717, 1.165) is 0 Å². The van der Waals surface area contributed by atoms with Gasteiger partial charge in [0.05, 0.1) is 6.04 Å². The van der Waals surface area contributed by atoms with Crippen molar-refractivity contribution in [3.63, 3.8) is 0 Å². The highest BCUT2D eigenvalue weighted by Gasteiger charge is 2.34. The third kappa shape index (κ3) is 2.38. The summed E-state index contributed by atoms with van der Waals surface area (Å²) < 4.78 is 27.9. The van der Waals surface area contributed by atoms with Gasteiger partial charge >= 0.3 is 0 Å². The van der Waals surface area contributed by atoms with E-state index in [1.807, 2.05) is 0 Å². The number of aryl methyl sites for hydroxylation is 1. The van der Waals surface area contributed by atoms with Gasteiger partial charge in [-0.3, -0.25) is 4.79 Å². The van der Waals surface area contributed by atoms with Crippen LogP contribution in [0.4, 0.5) is 0 Å². The number of likely N-dealkylation sites (N-methyl/N-ethyl adjacent to an activating group) is 1. The number of hydrogen-bond acceptors (Lipinski definition) is 4. The molecule has 1 saturated heterocycles. The zero-order chi connectivity index (χ0) is 14.2. The van der Waals surface area contributed by atoms with Crippen LogP contribution in [0.5, 0.6) is 0 Å². The summed E-state index contributed by atoms with van der Waals surface area (Å²) in [7, 11) is -1.98. The first-order valence-corrected chi connectivity index (χ1v) is 7.50. The Hall–Kier alpha value is -1.38. The summed E-state index contributed by atoms with van der Waals surface area (Å²) >= 11 is 0. The van der Waals surface area contributed by atoms with Crippen LogP contribution in [0.1, 0.15) is 17.4 Å². The lowest BCUT2D eigenvalue weighted by Gasteiger charge is -2.36. The van der Waals surface area contributed by atoms with Gasteiger partial charge < -0.3 is 15.6 Å². The number of nitrogens with two attached hydrogens (primary N) is 1. The van der Waals surface area contributed by atoms with Crippen molar-refractivity contribution in [2.45, 2.75) is 17.9 Å². The number of sulfonamides is 1. The fourth-order valence-electron chi connectivity index (χ4n) is 2.16. The molecule has 0 spiro atoms. The molecule has 2 rings (SSSR count). The number of aromatic nitrogens is 1. The molecule has 1 amide bonds. The van der Waals surface area contributed by atoms with Crippen LogP contribution >= 0.6 is 0 Å². The number of nitrogens with zero attached hydrogens (tertiary/aromatic N) is 2. The second-order valence-corrected chi connectivity index (χ2v) is 6.45. The fourth-order valence-corrected chi connectivity index (χ4v) is 3.86. The Balaban J connectivity index is 2.38. The number of carbonyl (C=O) groups excluding carboxylic acids is 1. The molecule has 0 unspecified atom stereocenters. The van der Waals surface area contributed by atoms with Gasteiger partial charge in [-0.2, -0.15) is 4.31 Å². The van der Waals surface area contributed by atoms with Gasteiger partial charge in [-0.25, -0.2) is 8.42 Å². The molecular formula is C11H18N4O3S. The van der Waals surface area contributed by atoms with Crippen molar-refractivity contribution < 1.29 is 13.2 Å². The molecule has 7 nitrogen and oxygen atoms in total. The molecule has 0 atom stereocenters. The summed E-state index contributed by atoms with van der Waals surface area (Å²) in [6.07, 6.45) is 1.42.